The highest BCUT2D eigenvalue weighted by molar-refractivity contribution is 5.73. The van der Waals surface area contributed by atoms with Gasteiger partial charge in [0.15, 0.2) is 11.5 Å². The van der Waals surface area contributed by atoms with Crippen LogP contribution in [0.5, 0.6) is 17.2 Å². The third-order valence-electron chi connectivity index (χ3n) is 2.46. The lowest BCUT2D eigenvalue weighted by Gasteiger charge is -2.11. The summed E-state index contributed by atoms with van der Waals surface area (Å²) in [4.78, 5) is 11.6. The number of rotatable bonds is 7. The van der Waals surface area contributed by atoms with Crippen LogP contribution < -0.4 is 9.47 Å². The zero-order chi connectivity index (χ0) is 13.4. The van der Waals surface area contributed by atoms with Crippen LogP contribution in [0.15, 0.2) is 18.2 Å². The van der Waals surface area contributed by atoms with Crippen molar-refractivity contribution in [3.63, 3.8) is 0 Å². The number of unbranched alkanes of at least 4 members (excludes halogenated alkanes) is 2. The predicted molar refractivity (Wildman–Crippen MR) is 69.1 cm³/mol. The fraction of sp³-hybridized carbons (Fsp3) is 0.500. The standard InChI is InChI=1S/C14H20O4/c1-3-5-6-10-13(16)18-12-9-7-8-11(15)14(12)17-4-2/h7-9,15H,3-6,10H2,1-2H3. The predicted octanol–water partition coefficient (Wildman–Crippen LogP) is 3.28. The number of carbonyl (C=O) groups is 1. The minimum absolute atomic E-state index is 0.0179. The quantitative estimate of drug-likeness (QED) is 0.459. The van der Waals surface area contributed by atoms with Crippen LogP contribution in [0, 0.1) is 0 Å². The number of para-hydroxylation sites is 1. The highest BCUT2D eigenvalue weighted by atomic mass is 16.6. The van der Waals surface area contributed by atoms with Crippen molar-refractivity contribution in [2.75, 3.05) is 6.61 Å². The van der Waals surface area contributed by atoms with Gasteiger partial charge in [0.2, 0.25) is 5.75 Å². The summed E-state index contributed by atoms with van der Waals surface area (Å²) >= 11 is 0. The van der Waals surface area contributed by atoms with Gasteiger partial charge >= 0.3 is 5.97 Å². The first-order valence-corrected chi connectivity index (χ1v) is 6.34. The maximum Gasteiger partial charge on any atom is 0.311 e. The molecule has 1 aromatic rings. The number of aromatic hydroxyl groups is 1. The molecule has 0 aromatic heterocycles. The molecule has 0 amide bonds. The summed E-state index contributed by atoms with van der Waals surface area (Å²) in [7, 11) is 0. The van der Waals surface area contributed by atoms with Gasteiger partial charge in [-0.2, -0.15) is 0 Å². The first kappa shape index (κ1) is 14.4. The Morgan fingerprint density at radius 1 is 1.28 bits per heavy atom. The summed E-state index contributed by atoms with van der Waals surface area (Å²) in [5.41, 5.74) is 0. The third kappa shape index (κ3) is 4.28. The topological polar surface area (TPSA) is 55.8 Å². The maximum atomic E-state index is 11.6. The normalized spacial score (nSPS) is 10.1. The van der Waals surface area contributed by atoms with Crippen LogP contribution in [-0.4, -0.2) is 17.7 Å². The Morgan fingerprint density at radius 2 is 2.06 bits per heavy atom. The molecule has 4 heteroatoms. The molecule has 100 valence electrons. The van der Waals surface area contributed by atoms with Gasteiger partial charge in [-0.3, -0.25) is 4.79 Å². The summed E-state index contributed by atoms with van der Waals surface area (Å²) in [6, 6.07) is 4.73. The summed E-state index contributed by atoms with van der Waals surface area (Å²) in [5.74, 6) is 0.188. The molecule has 0 aliphatic heterocycles. The molecule has 0 spiro atoms. The Hall–Kier alpha value is -1.71. The van der Waals surface area contributed by atoms with E-state index in [2.05, 4.69) is 6.92 Å². The Kier molecular flexibility index (Phi) is 6.05. The lowest BCUT2D eigenvalue weighted by molar-refractivity contribution is -0.134. The van der Waals surface area contributed by atoms with E-state index in [0.29, 0.717) is 13.0 Å². The van der Waals surface area contributed by atoms with Crippen LogP contribution in [0.3, 0.4) is 0 Å². The lowest BCUT2D eigenvalue weighted by atomic mass is 10.2. The first-order valence-electron chi connectivity index (χ1n) is 6.34. The molecular formula is C14H20O4. The Bertz CT molecular complexity index is 387. The number of ether oxygens (including phenoxy) is 2. The molecule has 0 saturated heterocycles. The highest BCUT2D eigenvalue weighted by Crippen LogP contribution is 2.36. The maximum absolute atomic E-state index is 11.6. The van der Waals surface area contributed by atoms with Gasteiger partial charge < -0.3 is 14.6 Å². The SMILES string of the molecule is CCCCCC(=O)Oc1cccc(O)c1OCC. The van der Waals surface area contributed by atoms with Crippen molar-refractivity contribution >= 4 is 5.97 Å². The Balaban J connectivity index is 2.65. The van der Waals surface area contributed by atoms with E-state index in [4.69, 9.17) is 9.47 Å². The minimum atomic E-state index is -0.296. The average Bonchev–Trinajstić information content (AvgIpc) is 2.34. The molecular weight excluding hydrogens is 232 g/mol. The second kappa shape index (κ2) is 7.58. The van der Waals surface area contributed by atoms with Crippen molar-refractivity contribution in [2.24, 2.45) is 0 Å². The van der Waals surface area contributed by atoms with E-state index in [1.165, 1.54) is 6.07 Å². The third-order valence-corrected chi connectivity index (χ3v) is 2.46. The van der Waals surface area contributed by atoms with Crippen molar-refractivity contribution in [1.29, 1.82) is 0 Å². The summed E-state index contributed by atoms with van der Waals surface area (Å²) in [6.45, 7) is 4.28. The van der Waals surface area contributed by atoms with Gasteiger partial charge in [-0.25, -0.2) is 0 Å². The van der Waals surface area contributed by atoms with Crippen molar-refractivity contribution in [1.82, 2.24) is 0 Å². The van der Waals surface area contributed by atoms with Crippen LogP contribution in [-0.2, 0) is 4.79 Å². The molecule has 0 radical (unpaired) electrons. The molecule has 0 unspecified atom stereocenters. The van der Waals surface area contributed by atoms with Crippen LogP contribution >= 0.6 is 0 Å². The minimum Gasteiger partial charge on any atom is -0.504 e. The number of hydrogen-bond acceptors (Lipinski definition) is 4. The zero-order valence-electron chi connectivity index (χ0n) is 10.9. The second-order valence-corrected chi connectivity index (χ2v) is 3.97. The Morgan fingerprint density at radius 3 is 2.72 bits per heavy atom. The number of carbonyl (C=O) groups excluding carboxylic acids is 1. The molecule has 0 aliphatic carbocycles. The van der Waals surface area contributed by atoms with E-state index < -0.39 is 0 Å². The van der Waals surface area contributed by atoms with Gasteiger partial charge in [0.1, 0.15) is 0 Å². The van der Waals surface area contributed by atoms with E-state index in [9.17, 15) is 9.90 Å². The smallest absolute Gasteiger partial charge is 0.311 e. The number of phenolic OH excluding ortho intramolecular Hbond substituents is 1. The summed E-state index contributed by atoms with van der Waals surface area (Å²) < 4.78 is 10.5. The van der Waals surface area contributed by atoms with Crippen molar-refractivity contribution in [2.45, 2.75) is 39.5 Å². The number of phenols is 1. The van der Waals surface area contributed by atoms with Gasteiger partial charge in [0.05, 0.1) is 6.61 Å². The van der Waals surface area contributed by atoms with Gasteiger partial charge in [-0.05, 0) is 25.5 Å². The molecule has 4 nitrogen and oxygen atoms in total. The number of hydrogen-bond donors (Lipinski definition) is 1. The molecule has 1 N–H and O–H groups in total. The van der Waals surface area contributed by atoms with Crippen LogP contribution in [0.25, 0.3) is 0 Å². The second-order valence-electron chi connectivity index (χ2n) is 3.97. The van der Waals surface area contributed by atoms with Crippen molar-refractivity contribution in [3.8, 4) is 17.2 Å². The molecule has 1 aromatic carbocycles. The van der Waals surface area contributed by atoms with Gasteiger partial charge in [0, 0.05) is 6.42 Å². The molecule has 0 saturated carbocycles. The van der Waals surface area contributed by atoms with E-state index in [-0.39, 0.29) is 23.2 Å². The van der Waals surface area contributed by atoms with Gasteiger partial charge in [-0.1, -0.05) is 25.8 Å². The van der Waals surface area contributed by atoms with Gasteiger partial charge in [-0.15, -0.1) is 0 Å². The van der Waals surface area contributed by atoms with Crippen LogP contribution in [0.1, 0.15) is 39.5 Å². The molecule has 1 rings (SSSR count). The highest BCUT2D eigenvalue weighted by Gasteiger charge is 2.13. The monoisotopic (exact) mass is 252 g/mol. The molecule has 0 bridgehead atoms. The van der Waals surface area contributed by atoms with Crippen LogP contribution in [0.2, 0.25) is 0 Å². The molecule has 0 aliphatic rings. The average molecular weight is 252 g/mol. The van der Waals surface area contributed by atoms with Crippen molar-refractivity contribution in [3.05, 3.63) is 18.2 Å². The van der Waals surface area contributed by atoms with Crippen molar-refractivity contribution < 1.29 is 19.4 Å². The number of benzene rings is 1. The number of esters is 1. The zero-order valence-corrected chi connectivity index (χ0v) is 10.9. The lowest BCUT2D eigenvalue weighted by Crippen LogP contribution is -2.08. The van der Waals surface area contributed by atoms with Crippen LogP contribution in [0.4, 0.5) is 0 Å². The Labute approximate surface area is 108 Å². The molecule has 0 atom stereocenters. The van der Waals surface area contributed by atoms with E-state index >= 15 is 0 Å². The van der Waals surface area contributed by atoms with E-state index in [1.54, 1.807) is 19.1 Å². The fourth-order valence-electron chi connectivity index (χ4n) is 1.57. The van der Waals surface area contributed by atoms with Gasteiger partial charge in [0.25, 0.3) is 0 Å². The molecule has 0 fully saturated rings. The largest absolute Gasteiger partial charge is 0.504 e. The first-order chi connectivity index (χ1) is 8.69. The molecule has 18 heavy (non-hydrogen) atoms. The summed E-state index contributed by atoms with van der Waals surface area (Å²) in [5, 5.41) is 9.63. The van der Waals surface area contributed by atoms with E-state index in [1.807, 2.05) is 0 Å². The van der Waals surface area contributed by atoms with E-state index in [0.717, 1.165) is 19.3 Å². The summed E-state index contributed by atoms with van der Waals surface area (Å²) in [6.07, 6.45) is 3.27. The fourth-order valence-corrected chi connectivity index (χ4v) is 1.57. The molecule has 0 heterocycles.